The van der Waals surface area contributed by atoms with Crippen LogP contribution in [0.1, 0.15) is 50.8 Å². The molecule has 2 heterocycles. The normalized spacial score (nSPS) is 19.9. The third kappa shape index (κ3) is 4.75. The fraction of sp³-hybridized carbons (Fsp3) is 0.571. The molecule has 1 aliphatic heterocycles. The number of nitrogens with one attached hydrogen (secondary N) is 1. The highest BCUT2D eigenvalue weighted by Crippen LogP contribution is 2.24. The third-order valence-corrected chi connectivity index (χ3v) is 5.77. The molecule has 27 heavy (non-hydrogen) atoms. The van der Waals surface area contributed by atoms with Crippen LogP contribution >= 0.6 is 0 Å². The molecule has 1 aromatic heterocycles. The Bertz CT molecular complexity index is 732. The van der Waals surface area contributed by atoms with E-state index in [2.05, 4.69) is 20.4 Å². The Morgan fingerprint density at radius 2 is 1.81 bits per heavy atom. The van der Waals surface area contributed by atoms with Crippen molar-refractivity contribution in [2.24, 2.45) is 5.92 Å². The van der Waals surface area contributed by atoms with Crippen LogP contribution in [0.15, 0.2) is 34.9 Å². The van der Waals surface area contributed by atoms with Gasteiger partial charge >= 0.3 is 0 Å². The van der Waals surface area contributed by atoms with Gasteiger partial charge in [0.05, 0.1) is 6.54 Å². The summed E-state index contributed by atoms with van der Waals surface area (Å²) >= 11 is 0. The molecule has 4 rings (SSSR count). The monoisotopic (exact) mass is 368 g/mol. The van der Waals surface area contributed by atoms with Gasteiger partial charge in [-0.15, -0.1) is 0 Å². The molecular formula is C21H28N4O2. The van der Waals surface area contributed by atoms with E-state index in [-0.39, 0.29) is 11.8 Å². The first-order chi connectivity index (χ1) is 13.3. The number of aromatic nitrogens is 2. The number of benzene rings is 1. The first-order valence-electron chi connectivity index (χ1n) is 10.2. The molecule has 0 unspecified atom stereocenters. The molecule has 1 saturated heterocycles. The van der Waals surface area contributed by atoms with Gasteiger partial charge in [-0.25, -0.2) is 0 Å². The number of piperidine rings is 1. The number of carbonyl (C=O) groups is 1. The molecule has 2 aliphatic rings. The summed E-state index contributed by atoms with van der Waals surface area (Å²) in [6.07, 6.45) is 7.77. The molecule has 0 bridgehead atoms. The predicted octanol–water partition coefficient (Wildman–Crippen LogP) is 3.40. The Labute approximate surface area is 160 Å². The molecule has 0 atom stereocenters. The van der Waals surface area contributed by atoms with E-state index >= 15 is 0 Å². The zero-order chi connectivity index (χ0) is 18.5. The Balaban J connectivity index is 1.24. The molecule has 144 valence electrons. The molecule has 0 spiro atoms. The van der Waals surface area contributed by atoms with Gasteiger partial charge in [-0.3, -0.25) is 9.69 Å². The molecule has 0 radical (unpaired) electrons. The number of nitrogens with zero attached hydrogens (tertiary/aromatic N) is 3. The number of likely N-dealkylation sites (tertiary alicyclic amines) is 1. The van der Waals surface area contributed by atoms with Crippen molar-refractivity contribution in [2.75, 3.05) is 13.1 Å². The highest BCUT2D eigenvalue weighted by atomic mass is 16.5. The van der Waals surface area contributed by atoms with Crippen LogP contribution in [0, 0.1) is 5.92 Å². The van der Waals surface area contributed by atoms with Gasteiger partial charge in [0.2, 0.25) is 17.6 Å². The van der Waals surface area contributed by atoms with E-state index in [1.165, 1.54) is 19.3 Å². The van der Waals surface area contributed by atoms with Crippen LogP contribution in [-0.2, 0) is 11.3 Å². The van der Waals surface area contributed by atoms with Gasteiger partial charge in [-0.1, -0.05) is 54.8 Å². The van der Waals surface area contributed by atoms with Crippen LogP contribution in [0.5, 0.6) is 0 Å². The maximum Gasteiger partial charge on any atom is 0.241 e. The lowest BCUT2D eigenvalue weighted by molar-refractivity contribution is -0.127. The van der Waals surface area contributed by atoms with Gasteiger partial charge in [0.1, 0.15) is 0 Å². The van der Waals surface area contributed by atoms with E-state index < -0.39 is 0 Å². The number of hydrogen-bond acceptors (Lipinski definition) is 5. The van der Waals surface area contributed by atoms with Gasteiger partial charge in [0, 0.05) is 30.6 Å². The van der Waals surface area contributed by atoms with Crippen molar-refractivity contribution in [3.8, 4) is 11.4 Å². The second kappa shape index (κ2) is 8.65. The number of amides is 1. The average molecular weight is 368 g/mol. The maximum atomic E-state index is 12.4. The van der Waals surface area contributed by atoms with E-state index in [9.17, 15) is 4.79 Å². The van der Waals surface area contributed by atoms with Crippen LogP contribution in [0.3, 0.4) is 0 Å². The second-order valence-electron chi connectivity index (χ2n) is 7.77. The molecule has 6 heteroatoms. The number of hydrogen-bond donors (Lipinski definition) is 1. The molecule has 1 aliphatic carbocycles. The molecule has 1 aromatic carbocycles. The fourth-order valence-electron chi connectivity index (χ4n) is 4.13. The predicted molar refractivity (Wildman–Crippen MR) is 103 cm³/mol. The summed E-state index contributed by atoms with van der Waals surface area (Å²) < 4.78 is 5.42. The van der Waals surface area contributed by atoms with E-state index in [0.29, 0.717) is 24.3 Å². The van der Waals surface area contributed by atoms with Crippen molar-refractivity contribution >= 4 is 5.91 Å². The smallest absolute Gasteiger partial charge is 0.241 e. The highest BCUT2D eigenvalue weighted by molar-refractivity contribution is 5.79. The largest absolute Gasteiger partial charge is 0.353 e. The van der Waals surface area contributed by atoms with E-state index in [0.717, 1.165) is 44.3 Å². The van der Waals surface area contributed by atoms with E-state index in [1.807, 2.05) is 30.3 Å². The lowest BCUT2D eigenvalue weighted by Gasteiger charge is -2.32. The number of carbonyl (C=O) groups excluding carboxylic acids is 1. The minimum Gasteiger partial charge on any atom is -0.353 e. The second-order valence-corrected chi connectivity index (χ2v) is 7.77. The minimum absolute atomic E-state index is 0.242. The maximum absolute atomic E-state index is 12.4. The first-order valence-corrected chi connectivity index (χ1v) is 10.2. The summed E-state index contributed by atoms with van der Waals surface area (Å²) in [6, 6.07) is 10.2. The van der Waals surface area contributed by atoms with Gasteiger partial charge in [-0.2, -0.15) is 4.98 Å². The summed E-state index contributed by atoms with van der Waals surface area (Å²) in [5.41, 5.74) is 0.969. The van der Waals surface area contributed by atoms with Crippen molar-refractivity contribution in [3.63, 3.8) is 0 Å². The standard InChI is InChI=1S/C21H28N4O2/c26-21(17-9-5-2-6-10-17)22-18-11-13-25(14-12-18)15-19-23-20(24-27-19)16-7-3-1-4-8-16/h1,3-4,7-8,17-18H,2,5-6,9-15H2,(H,22,26). The van der Waals surface area contributed by atoms with Gasteiger partial charge in [-0.05, 0) is 25.7 Å². The Kier molecular flexibility index (Phi) is 5.82. The lowest BCUT2D eigenvalue weighted by Crippen LogP contribution is -2.46. The van der Waals surface area contributed by atoms with E-state index in [4.69, 9.17) is 4.52 Å². The molecular weight excluding hydrogens is 340 g/mol. The Hall–Kier alpha value is -2.21. The molecule has 1 saturated carbocycles. The SMILES string of the molecule is O=C(NC1CCN(Cc2nc(-c3ccccc3)no2)CC1)C1CCCCC1. The average Bonchev–Trinajstić information content (AvgIpc) is 3.19. The Morgan fingerprint density at radius 3 is 2.56 bits per heavy atom. The van der Waals surface area contributed by atoms with Crippen LogP contribution in [0.4, 0.5) is 0 Å². The quantitative estimate of drug-likeness (QED) is 0.876. The highest BCUT2D eigenvalue weighted by Gasteiger charge is 2.26. The third-order valence-electron chi connectivity index (χ3n) is 5.77. The molecule has 1 amide bonds. The first kappa shape index (κ1) is 18.2. The zero-order valence-corrected chi connectivity index (χ0v) is 15.8. The molecule has 2 fully saturated rings. The van der Waals surface area contributed by atoms with E-state index in [1.54, 1.807) is 0 Å². The van der Waals surface area contributed by atoms with Crippen molar-refractivity contribution < 1.29 is 9.32 Å². The van der Waals surface area contributed by atoms with Crippen molar-refractivity contribution in [2.45, 2.75) is 57.5 Å². The summed E-state index contributed by atoms with van der Waals surface area (Å²) in [6.45, 7) is 2.56. The molecule has 2 aromatic rings. The van der Waals surface area contributed by atoms with Crippen molar-refractivity contribution in [1.82, 2.24) is 20.4 Å². The topological polar surface area (TPSA) is 71.3 Å². The molecule has 1 N–H and O–H groups in total. The Morgan fingerprint density at radius 1 is 1.07 bits per heavy atom. The fourth-order valence-corrected chi connectivity index (χ4v) is 4.13. The van der Waals surface area contributed by atoms with Gasteiger partial charge in [0.15, 0.2) is 0 Å². The van der Waals surface area contributed by atoms with Crippen molar-refractivity contribution in [1.29, 1.82) is 0 Å². The van der Waals surface area contributed by atoms with Crippen LogP contribution < -0.4 is 5.32 Å². The summed E-state index contributed by atoms with van der Waals surface area (Å²) in [5, 5.41) is 7.37. The minimum atomic E-state index is 0.242. The van der Waals surface area contributed by atoms with Crippen molar-refractivity contribution in [3.05, 3.63) is 36.2 Å². The van der Waals surface area contributed by atoms with Gasteiger partial charge in [0.25, 0.3) is 0 Å². The zero-order valence-electron chi connectivity index (χ0n) is 15.8. The number of rotatable bonds is 5. The summed E-state index contributed by atoms with van der Waals surface area (Å²) in [5.74, 6) is 1.81. The summed E-state index contributed by atoms with van der Waals surface area (Å²) in [7, 11) is 0. The summed E-state index contributed by atoms with van der Waals surface area (Å²) in [4.78, 5) is 19.3. The van der Waals surface area contributed by atoms with Crippen LogP contribution in [0.25, 0.3) is 11.4 Å². The van der Waals surface area contributed by atoms with Crippen LogP contribution in [-0.4, -0.2) is 40.1 Å². The van der Waals surface area contributed by atoms with Gasteiger partial charge < -0.3 is 9.84 Å². The van der Waals surface area contributed by atoms with Crippen LogP contribution in [0.2, 0.25) is 0 Å². The lowest BCUT2D eigenvalue weighted by atomic mass is 9.88. The molecule has 6 nitrogen and oxygen atoms in total.